The Kier molecular flexibility index (Phi) is 5.60. The number of halogens is 1. The van der Waals surface area contributed by atoms with E-state index < -0.39 is 0 Å². The van der Waals surface area contributed by atoms with Crippen LogP contribution in [0, 0.1) is 0 Å². The number of hydrogen-bond acceptors (Lipinski definition) is 7. The second-order valence-corrected chi connectivity index (χ2v) is 8.81. The van der Waals surface area contributed by atoms with Gasteiger partial charge in [0, 0.05) is 6.61 Å². The minimum Gasteiger partial charge on any atom is -0.494 e. The topological polar surface area (TPSA) is 70.1 Å². The molecular formula is C22H21ClN2O5S. The van der Waals surface area contributed by atoms with E-state index in [-0.39, 0.29) is 25.2 Å². The molecule has 0 aliphatic carbocycles. The van der Waals surface area contributed by atoms with Crippen LogP contribution in [0.5, 0.6) is 17.2 Å². The monoisotopic (exact) mass is 460 g/mol. The van der Waals surface area contributed by atoms with Gasteiger partial charge in [-0.05, 0) is 42.7 Å². The molecule has 0 saturated carbocycles. The van der Waals surface area contributed by atoms with Gasteiger partial charge in [0.15, 0.2) is 16.6 Å². The summed E-state index contributed by atoms with van der Waals surface area (Å²) in [5, 5.41) is 1.17. The summed E-state index contributed by atoms with van der Waals surface area (Å²) in [7, 11) is 1.59. The molecule has 2 aliphatic heterocycles. The maximum absolute atomic E-state index is 13.4. The van der Waals surface area contributed by atoms with Crippen LogP contribution in [0.4, 0.5) is 5.13 Å². The Morgan fingerprint density at radius 3 is 2.97 bits per heavy atom. The normalized spacial score (nSPS) is 17.3. The molecule has 2 aliphatic rings. The fraction of sp³-hybridized carbons (Fsp3) is 0.364. The molecule has 1 saturated heterocycles. The number of rotatable bonds is 6. The molecule has 0 unspecified atom stereocenters. The van der Waals surface area contributed by atoms with Crippen molar-refractivity contribution in [2.24, 2.45) is 0 Å². The number of anilines is 1. The number of nitrogens with zero attached hydrogens (tertiary/aromatic N) is 2. The van der Waals surface area contributed by atoms with Crippen molar-refractivity contribution in [2.75, 3.05) is 32.0 Å². The molecule has 2 aromatic carbocycles. The van der Waals surface area contributed by atoms with Crippen LogP contribution in [-0.2, 0) is 16.0 Å². The largest absolute Gasteiger partial charge is 0.494 e. The van der Waals surface area contributed by atoms with E-state index in [1.54, 1.807) is 24.1 Å². The predicted octanol–water partition coefficient (Wildman–Crippen LogP) is 4.44. The third-order valence-corrected chi connectivity index (χ3v) is 6.94. The summed E-state index contributed by atoms with van der Waals surface area (Å²) in [5.41, 5.74) is 1.51. The van der Waals surface area contributed by atoms with Crippen LogP contribution in [0.2, 0.25) is 5.02 Å². The second kappa shape index (κ2) is 8.53. The molecule has 7 nitrogen and oxygen atoms in total. The lowest BCUT2D eigenvalue weighted by Gasteiger charge is -2.23. The standard InChI is InChI=1S/C22H21ClN2O5S/c1-27-17-7-5-15(23)21-20(17)24-22(31-21)25(11-14-3-2-8-28-14)19(26)10-13-4-6-16-18(9-13)30-12-29-16/h4-7,9,14H,2-3,8,10-12H2,1H3/t14-/m0/s1. The second-order valence-electron chi connectivity index (χ2n) is 7.43. The summed E-state index contributed by atoms with van der Waals surface area (Å²) in [6.07, 6.45) is 2.12. The van der Waals surface area contributed by atoms with Crippen molar-refractivity contribution >= 4 is 44.2 Å². The van der Waals surface area contributed by atoms with Crippen molar-refractivity contribution in [3.8, 4) is 17.2 Å². The summed E-state index contributed by atoms with van der Waals surface area (Å²) < 4.78 is 22.8. The molecule has 5 rings (SSSR count). The van der Waals surface area contributed by atoms with Crippen LogP contribution >= 0.6 is 22.9 Å². The van der Waals surface area contributed by atoms with Crippen molar-refractivity contribution in [1.82, 2.24) is 4.98 Å². The third kappa shape index (κ3) is 4.03. The number of carbonyl (C=O) groups excluding carboxylic acids is 1. The highest BCUT2D eigenvalue weighted by atomic mass is 35.5. The van der Waals surface area contributed by atoms with Crippen molar-refractivity contribution in [1.29, 1.82) is 0 Å². The van der Waals surface area contributed by atoms with Crippen LogP contribution in [-0.4, -0.2) is 44.0 Å². The van der Waals surface area contributed by atoms with E-state index in [0.29, 0.717) is 46.1 Å². The van der Waals surface area contributed by atoms with Gasteiger partial charge in [0.1, 0.15) is 11.3 Å². The summed E-state index contributed by atoms with van der Waals surface area (Å²) in [5.74, 6) is 1.92. The van der Waals surface area contributed by atoms with Crippen LogP contribution in [0.1, 0.15) is 18.4 Å². The number of fused-ring (bicyclic) bond motifs is 2. The first-order valence-corrected chi connectivity index (χ1v) is 11.3. The maximum Gasteiger partial charge on any atom is 0.233 e. The van der Waals surface area contributed by atoms with Crippen molar-refractivity contribution in [2.45, 2.75) is 25.4 Å². The molecule has 1 atom stereocenters. The molecule has 0 spiro atoms. The Balaban J connectivity index is 1.47. The molecule has 3 aromatic rings. The Labute approximate surface area is 188 Å². The van der Waals surface area contributed by atoms with Gasteiger partial charge in [0.25, 0.3) is 0 Å². The number of amides is 1. The molecule has 1 aromatic heterocycles. The van der Waals surface area contributed by atoms with Gasteiger partial charge < -0.3 is 18.9 Å². The van der Waals surface area contributed by atoms with E-state index >= 15 is 0 Å². The Morgan fingerprint density at radius 1 is 1.29 bits per heavy atom. The van der Waals surface area contributed by atoms with Crippen LogP contribution < -0.4 is 19.1 Å². The van der Waals surface area contributed by atoms with E-state index in [1.807, 2.05) is 18.2 Å². The Hall–Kier alpha value is -2.55. The molecule has 162 valence electrons. The third-order valence-electron chi connectivity index (χ3n) is 5.40. The molecule has 0 radical (unpaired) electrons. The molecule has 0 N–H and O–H groups in total. The summed E-state index contributed by atoms with van der Waals surface area (Å²) in [6.45, 7) is 1.36. The van der Waals surface area contributed by atoms with Gasteiger partial charge in [0.2, 0.25) is 12.7 Å². The fourth-order valence-corrected chi connectivity index (χ4v) is 5.10. The Bertz CT molecular complexity index is 1130. The highest BCUT2D eigenvalue weighted by molar-refractivity contribution is 7.23. The minimum atomic E-state index is -0.0662. The highest BCUT2D eigenvalue weighted by Crippen LogP contribution is 2.39. The van der Waals surface area contributed by atoms with Crippen molar-refractivity contribution in [3.63, 3.8) is 0 Å². The van der Waals surface area contributed by atoms with Gasteiger partial charge in [-0.15, -0.1) is 0 Å². The number of thiazole rings is 1. The average molecular weight is 461 g/mol. The lowest BCUT2D eigenvalue weighted by molar-refractivity contribution is -0.118. The summed E-state index contributed by atoms with van der Waals surface area (Å²) in [4.78, 5) is 19.8. The van der Waals surface area contributed by atoms with E-state index in [9.17, 15) is 4.79 Å². The highest BCUT2D eigenvalue weighted by Gasteiger charge is 2.27. The average Bonchev–Trinajstić information content (AvgIpc) is 3.52. The zero-order valence-electron chi connectivity index (χ0n) is 16.9. The Morgan fingerprint density at radius 2 is 2.16 bits per heavy atom. The van der Waals surface area contributed by atoms with Gasteiger partial charge in [0.05, 0.1) is 35.9 Å². The molecule has 1 amide bonds. The smallest absolute Gasteiger partial charge is 0.233 e. The van der Waals surface area contributed by atoms with Gasteiger partial charge in [-0.3, -0.25) is 9.69 Å². The SMILES string of the molecule is COc1ccc(Cl)c2sc(N(C[C@@H]3CCCO3)C(=O)Cc3ccc4c(c3)OCO4)nc12. The van der Waals surface area contributed by atoms with E-state index in [1.165, 1.54) is 11.3 Å². The van der Waals surface area contributed by atoms with Crippen molar-refractivity contribution < 1.29 is 23.7 Å². The van der Waals surface area contributed by atoms with Gasteiger partial charge >= 0.3 is 0 Å². The molecule has 31 heavy (non-hydrogen) atoms. The lowest BCUT2D eigenvalue weighted by Crippen LogP contribution is -2.38. The minimum absolute atomic E-state index is 0.00918. The number of benzene rings is 2. The number of aromatic nitrogens is 1. The molecule has 3 heterocycles. The van der Waals surface area contributed by atoms with Gasteiger partial charge in [-0.25, -0.2) is 4.98 Å². The predicted molar refractivity (Wildman–Crippen MR) is 119 cm³/mol. The van der Waals surface area contributed by atoms with E-state index in [2.05, 4.69) is 0 Å². The van der Waals surface area contributed by atoms with Crippen LogP contribution in [0.25, 0.3) is 10.2 Å². The number of carbonyl (C=O) groups is 1. The summed E-state index contributed by atoms with van der Waals surface area (Å²) >= 11 is 7.78. The number of methoxy groups -OCH3 is 1. The number of ether oxygens (including phenoxy) is 4. The first kappa shape index (κ1) is 20.4. The first-order valence-electron chi connectivity index (χ1n) is 10.1. The molecule has 1 fully saturated rings. The van der Waals surface area contributed by atoms with E-state index in [4.69, 9.17) is 35.5 Å². The lowest BCUT2D eigenvalue weighted by atomic mass is 10.1. The summed E-state index contributed by atoms with van der Waals surface area (Å²) in [6, 6.07) is 9.13. The van der Waals surface area contributed by atoms with Gasteiger partial charge in [-0.2, -0.15) is 0 Å². The van der Waals surface area contributed by atoms with Gasteiger partial charge in [-0.1, -0.05) is 29.0 Å². The first-order chi connectivity index (χ1) is 15.1. The quantitative estimate of drug-likeness (QED) is 0.541. The zero-order valence-corrected chi connectivity index (χ0v) is 18.5. The fourth-order valence-electron chi connectivity index (χ4n) is 3.82. The van der Waals surface area contributed by atoms with E-state index in [0.717, 1.165) is 23.1 Å². The molecule has 0 bridgehead atoms. The number of hydrogen-bond donors (Lipinski definition) is 0. The maximum atomic E-state index is 13.4. The van der Waals surface area contributed by atoms with Crippen molar-refractivity contribution in [3.05, 3.63) is 40.9 Å². The zero-order chi connectivity index (χ0) is 21.4. The molecule has 9 heteroatoms. The van der Waals surface area contributed by atoms with Crippen LogP contribution in [0.3, 0.4) is 0 Å². The molecular weight excluding hydrogens is 440 g/mol. The van der Waals surface area contributed by atoms with Crippen LogP contribution in [0.15, 0.2) is 30.3 Å².